The van der Waals surface area contributed by atoms with Gasteiger partial charge in [0.25, 0.3) is 0 Å². The first-order valence-corrected chi connectivity index (χ1v) is 7.60. The Balaban J connectivity index is 2.41. The van der Waals surface area contributed by atoms with Crippen molar-refractivity contribution < 1.29 is 9.53 Å². The number of nitrogens with two attached hydrogens (primary N) is 1. The molecule has 0 radical (unpaired) electrons. The topological polar surface area (TPSA) is 52.3 Å². The molecule has 3 nitrogen and oxygen atoms in total. The van der Waals surface area contributed by atoms with Crippen LogP contribution >= 0.6 is 0 Å². The highest BCUT2D eigenvalue weighted by molar-refractivity contribution is 5.78. The van der Waals surface area contributed by atoms with Crippen LogP contribution in [0.1, 0.15) is 64.4 Å². The number of hydrogen-bond donors (Lipinski definition) is 1. The van der Waals surface area contributed by atoms with Gasteiger partial charge < -0.3 is 10.5 Å². The van der Waals surface area contributed by atoms with Crippen molar-refractivity contribution in [3.8, 4) is 0 Å². The van der Waals surface area contributed by atoms with Crippen LogP contribution in [0, 0.1) is 0 Å². The summed E-state index contributed by atoms with van der Waals surface area (Å²) >= 11 is 0. The summed E-state index contributed by atoms with van der Waals surface area (Å²) in [6.45, 7) is 6.02. The van der Waals surface area contributed by atoms with Gasteiger partial charge in [0, 0.05) is 5.69 Å². The SMILES string of the molecule is CCCCCCC(C)OC(=O)C(C)c1cccc(N)c1. The van der Waals surface area contributed by atoms with Crippen molar-refractivity contribution in [1.82, 2.24) is 0 Å². The van der Waals surface area contributed by atoms with E-state index in [2.05, 4.69) is 6.92 Å². The first-order chi connectivity index (χ1) is 9.54. The van der Waals surface area contributed by atoms with Gasteiger partial charge in [-0.1, -0.05) is 38.3 Å². The van der Waals surface area contributed by atoms with E-state index in [9.17, 15) is 4.79 Å². The molecular weight excluding hydrogens is 250 g/mol. The molecule has 0 aliphatic carbocycles. The molecule has 2 N–H and O–H groups in total. The van der Waals surface area contributed by atoms with Crippen LogP contribution in [-0.2, 0) is 9.53 Å². The molecule has 20 heavy (non-hydrogen) atoms. The quantitative estimate of drug-likeness (QED) is 0.438. The summed E-state index contributed by atoms with van der Waals surface area (Å²) in [5, 5.41) is 0. The fourth-order valence-corrected chi connectivity index (χ4v) is 2.18. The smallest absolute Gasteiger partial charge is 0.313 e. The van der Waals surface area contributed by atoms with E-state index in [1.54, 1.807) is 0 Å². The van der Waals surface area contributed by atoms with Crippen molar-refractivity contribution in [2.24, 2.45) is 0 Å². The Hall–Kier alpha value is -1.51. The van der Waals surface area contributed by atoms with Crippen molar-refractivity contribution in [2.75, 3.05) is 5.73 Å². The summed E-state index contributed by atoms with van der Waals surface area (Å²) in [6, 6.07) is 7.42. The van der Waals surface area contributed by atoms with E-state index < -0.39 is 0 Å². The fourth-order valence-electron chi connectivity index (χ4n) is 2.18. The molecule has 0 saturated carbocycles. The Bertz CT molecular complexity index is 417. The molecule has 0 spiro atoms. The van der Waals surface area contributed by atoms with Gasteiger partial charge in [-0.3, -0.25) is 4.79 Å². The Morgan fingerprint density at radius 1 is 1.25 bits per heavy atom. The number of ether oxygens (including phenoxy) is 1. The number of benzene rings is 1. The second-order valence-electron chi connectivity index (χ2n) is 5.49. The standard InChI is InChI=1S/C17H27NO2/c1-4-5-6-7-9-13(2)20-17(19)14(3)15-10-8-11-16(18)12-15/h8,10-14H,4-7,9,18H2,1-3H3. The van der Waals surface area contributed by atoms with Crippen LogP contribution in [0.4, 0.5) is 5.69 Å². The van der Waals surface area contributed by atoms with Crippen LogP contribution in [0.25, 0.3) is 0 Å². The summed E-state index contributed by atoms with van der Waals surface area (Å²) in [6.07, 6.45) is 5.73. The molecule has 1 rings (SSSR count). The highest BCUT2D eigenvalue weighted by Crippen LogP contribution is 2.20. The molecular formula is C17H27NO2. The number of nitrogen functional groups attached to an aromatic ring is 1. The second-order valence-corrected chi connectivity index (χ2v) is 5.49. The molecule has 0 aliphatic heterocycles. The minimum atomic E-state index is -0.267. The third kappa shape index (κ3) is 5.64. The number of carbonyl (C=O) groups excluding carboxylic acids is 1. The number of rotatable bonds is 8. The van der Waals surface area contributed by atoms with Gasteiger partial charge in [0.15, 0.2) is 0 Å². The zero-order chi connectivity index (χ0) is 15.0. The van der Waals surface area contributed by atoms with E-state index in [4.69, 9.17) is 10.5 Å². The minimum absolute atomic E-state index is 0.0112. The molecule has 2 atom stereocenters. The maximum Gasteiger partial charge on any atom is 0.313 e. The maximum absolute atomic E-state index is 12.1. The van der Waals surface area contributed by atoms with E-state index in [0.29, 0.717) is 5.69 Å². The van der Waals surface area contributed by atoms with Crippen molar-refractivity contribution in [3.05, 3.63) is 29.8 Å². The molecule has 112 valence electrons. The average Bonchev–Trinajstić information content (AvgIpc) is 2.42. The third-order valence-electron chi connectivity index (χ3n) is 3.55. The molecule has 2 unspecified atom stereocenters. The molecule has 0 bridgehead atoms. The summed E-state index contributed by atoms with van der Waals surface area (Å²) in [7, 11) is 0. The minimum Gasteiger partial charge on any atom is -0.462 e. The van der Waals surface area contributed by atoms with Gasteiger partial charge in [-0.25, -0.2) is 0 Å². The van der Waals surface area contributed by atoms with Crippen LogP contribution in [0.3, 0.4) is 0 Å². The van der Waals surface area contributed by atoms with Crippen molar-refractivity contribution >= 4 is 11.7 Å². The molecule has 0 amide bonds. The van der Waals surface area contributed by atoms with Crippen molar-refractivity contribution in [1.29, 1.82) is 0 Å². The van der Waals surface area contributed by atoms with E-state index in [-0.39, 0.29) is 18.0 Å². The van der Waals surface area contributed by atoms with Gasteiger partial charge >= 0.3 is 5.97 Å². The lowest BCUT2D eigenvalue weighted by atomic mass is 10.0. The van der Waals surface area contributed by atoms with Gasteiger partial charge in [0.1, 0.15) is 0 Å². The van der Waals surface area contributed by atoms with E-state index in [1.165, 1.54) is 19.3 Å². The Labute approximate surface area is 122 Å². The van der Waals surface area contributed by atoms with Gasteiger partial charge in [0.2, 0.25) is 0 Å². The molecule has 1 aromatic rings. The maximum atomic E-state index is 12.1. The predicted molar refractivity (Wildman–Crippen MR) is 83.6 cm³/mol. The van der Waals surface area contributed by atoms with E-state index in [1.807, 2.05) is 38.1 Å². The van der Waals surface area contributed by atoms with Gasteiger partial charge in [-0.05, 0) is 44.4 Å². The normalized spacial score (nSPS) is 13.8. The molecule has 0 aliphatic rings. The molecule has 3 heteroatoms. The Kier molecular flexibility index (Phi) is 7.13. The van der Waals surface area contributed by atoms with Crippen LogP contribution in [0.2, 0.25) is 0 Å². The number of esters is 1. The average molecular weight is 277 g/mol. The summed E-state index contributed by atoms with van der Waals surface area (Å²) < 4.78 is 5.51. The first kappa shape index (κ1) is 16.5. The lowest BCUT2D eigenvalue weighted by molar-refractivity contribution is -0.150. The highest BCUT2D eigenvalue weighted by Gasteiger charge is 2.19. The van der Waals surface area contributed by atoms with Crippen LogP contribution in [0.5, 0.6) is 0 Å². The van der Waals surface area contributed by atoms with Gasteiger partial charge in [0.05, 0.1) is 12.0 Å². The van der Waals surface area contributed by atoms with Gasteiger partial charge in [-0.15, -0.1) is 0 Å². The number of unbranched alkanes of at least 4 members (excludes halogenated alkanes) is 3. The Morgan fingerprint density at radius 3 is 2.65 bits per heavy atom. The Morgan fingerprint density at radius 2 is 2.00 bits per heavy atom. The van der Waals surface area contributed by atoms with E-state index >= 15 is 0 Å². The predicted octanol–water partition coefficient (Wildman–Crippen LogP) is 4.27. The molecule has 0 heterocycles. The summed E-state index contributed by atoms with van der Waals surface area (Å²) in [5.74, 6) is -0.435. The number of carbonyl (C=O) groups is 1. The van der Waals surface area contributed by atoms with Crippen molar-refractivity contribution in [3.63, 3.8) is 0 Å². The number of hydrogen-bond acceptors (Lipinski definition) is 3. The zero-order valence-electron chi connectivity index (χ0n) is 12.9. The van der Waals surface area contributed by atoms with Crippen molar-refractivity contribution in [2.45, 2.75) is 64.9 Å². The summed E-state index contributed by atoms with van der Waals surface area (Å²) in [5.41, 5.74) is 7.33. The summed E-state index contributed by atoms with van der Waals surface area (Å²) in [4.78, 5) is 12.1. The lowest BCUT2D eigenvalue weighted by Crippen LogP contribution is -2.19. The molecule has 0 aromatic heterocycles. The second kappa shape index (κ2) is 8.62. The molecule has 0 saturated heterocycles. The molecule has 1 aromatic carbocycles. The van der Waals surface area contributed by atoms with Crippen LogP contribution in [0.15, 0.2) is 24.3 Å². The third-order valence-corrected chi connectivity index (χ3v) is 3.55. The number of anilines is 1. The van der Waals surface area contributed by atoms with Gasteiger partial charge in [-0.2, -0.15) is 0 Å². The van der Waals surface area contributed by atoms with E-state index in [0.717, 1.165) is 18.4 Å². The monoisotopic (exact) mass is 277 g/mol. The molecule has 0 fully saturated rings. The fraction of sp³-hybridized carbons (Fsp3) is 0.588. The lowest BCUT2D eigenvalue weighted by Gasteiger charge is -2.17. The first-order valence-electron chi connectivity index (χ1n) is 7.60. The van der Waals surface area contributed by atoms with Crippen LogP contribution < -0.4 is 5.73 Å². The zero-order valence-corrected chi connectivity index (χ0v) is 12.9. The largest absolute Gasteiger partial charge is 0.462 e. The highest BCUT2D eigenvalue weighted by atomic mass is 16.5. The van der Waals surface area contributed by atoms with Crippen LogP contribution in [-0.4, -0.2) is 12.1 Å².